The van der Waals surface area contributed by atoms with Crippen LogP contribution >= 0.6 is 34.7 Å². The third-order valence-electron chi connectivity index (χ3n) is 2.06. The molecule has 0 N–H and O–H groups in total. The van der Waals surface area contributed by atoms with Gasteiger partial charge in [-0.25, -0.2) is 15.0 Å². The van der Waals surface area contributed by atoms with Crippen molar-refractivity contribution < 1.29 is 4.42 Å². The second-order valence-corrected chi connectivity index (χ2v) is 5.34. The number of thioether (sulfide) groups is 1. The lowest BCUT2D eigenvalue weighted by molar-refractivity contribution is 0.454. The highest BCUT2D eigenvalue weighted by atomic mass is 35.5. The summed E-state index contributed by atoms with van der Waals surface area (Å²) in [5.74, 6) is 1.28. The standard InChI is InChI=1S/C10H6ClN3OS2/c11-8-6-1-4-16-9(6)14-7(13-8)5-17-10-12-2-3-15-10/h1-4H,5H2. The van der Waals surface area contributed by atoms with Gasteiger partial charge in [-0.1, -0.05) is 23.4 Å². The highest BCUT2D eigenvalue weighted by Gasteiger charge is 2.08. The average molecular weight is 284 g/mol. The molecule has 0 saturated carbocycles. The Morgan fingerprint density at radius 1 is 1.41 bits per heavy atom. The van der Waals surface area contributed by atoms with E-state index in [-0.39, 0.29) is 0 Å². The monoisotopic (exact) mass is 283 g/mol. The van der Waals surface area contributed by atoms with Gasteiger partial charge in [-0.05, 0) is 11.4 Å². The first-order valence-electron chi connectivity index (χ1n) is 4.75. The van der Waals surface area contributed by atoms with E-state index in [0.717, 1.165) is 10.2 Å². The van der Waals surface area contributed by atoms with E-state index in [2.05, 4.69) is 15.0 Å². The fourth-order valence-electron chi connectivity index (χ4n) is 1.33. The van der Waals surface area contributed by atoms with Crippen LogP contribution in [0, 0.1) is 0 Å². The Kier molecular flexibility index (Phi) is 3.00. The van der Waals surface area contributed by atoms with Crippen LogP contribution in [0.25, 0.3) is 10.2 Å². The fraction of sp³-hybridized carbons (Fsp3) is 0.100. The van der Waals surface area contributed by atoms with Crippen LogP contribution in [-0.4, -0.2) is 15.0 Å². The van der Waals surface area contributed by atoms with Gasteiger partial charge in [0.2, 0.25) is 0 Å². The van der Waals surface area contributed by atoms with Crippen molar-refractivity contribution in [3.8, 4) is 0 Å². The van der Waals surface area contributed by atoms with Crippen LogP contribution in [0.1, 0.15) is 5.82 Å². The van der Waals surface area contributed by atoms with Gasteiger partial charge >= 0.3 is 0 Å². The van der Waals surface area contributed by atoms with Crippen LogP contribution in [0.2, 0.25) is 5.15 Å². The quantitative estimate of drug-likeness (QED) is 0.543. The molecule has 3 heterocycles. The molecular formula is C10H6ClN3OS2. The number of aromatic nitrogens is 3. The lowest BCUT2D eigenvalue weighted by atomic mass is 10.4. The summed E-state index contributed by atoms with van der Waals surface area (Å²) in [6.45, 7) is 0. The van der Waals surface area contributed by atoms with E-state index < -0.39 is 0 Å². The summed E-state index contributed by atoms with van der Waals surface area (Å²) in [6.07, 6.45) is 3.15. The van der Waals surface area contributed by atoms with Crippen molar-refractivity contribution in [3.05, 3.63) is 34.9 Å². The molecule has 4 nitrogen and oxygen atoms in total. The maximum absolute atomic E-state index is 6.07. The van der Waals surface area contributed by atoms with Gasteiger partial charge in [-0.2, -0.15) is 0 Å². The Bertz CT molecular complexity index is 638. The van der Waals surface area contributed by atoms with Crippen LogP contribution in [0.15, 0.2) is 33.5 Å². The van der Waals surface area contributed by atoms with Crippen molar-refractivity contribution in [2.24, 2.45) is 0 Å². The summed E-state index contributed by atoms with van der Waals surface area (Å²) in [5, 5.41) is 3.97. The molecule has 0 bridgehead atoms. The van der Waals surface area contributed by atoms with Gasteiger partial charge in [-0.15, -0.1) is 11.3 Å². The number of rotatable bonds is 3. The number of nitrogens with zero attached hydrogens (tertiary/aromatic N) is 3. The summed E-state index contributed by atoms with van der Waals surface area (Å²) in [6, 6.07) is 1.92. The number of fused-ring (bicyclic) bond motifs is 1. The molecule has 0 aliphatic carbocycles. The first-order valence-corrected chi connectivity index (χ1v) is 6.99. The van der Waals surface area contributed by atoms with Crippen molar-refractivity contribution in [2.45, 2.75) is 11.0 Å². The van der Waals surface area contributed by atoms with Crippen LogP contribution in [0.3, 0.4) is 0 Å². The third-order valence-corrected chi connectivity index (χ3v) is 4.01. The number of thiophene rings is 1. The van der Waals surface area contributed by atoms with Crippen LogP contribution < -0.4 is 0 Å². The maximum atomic E-state index is 6.07. The van der Waals surface area contributed by atoms with Crippen LogP contribution in [0.5, 0.6) is 0 Å². The third kappa shape index (κ3) is 2.29. The summed E-state index contributed by atoms with van der Waals surface area (Å²) >= 11 is 9.07. The van der Waals surface area contributed by atoms with Gasteiger partial charge in [0.25, 0.3) is 5.22 Å². The molecule has 3 aromatic heterocycles. The SMILES string of the molecule is Clc1nc(CSc2ncco2)nc2sccc12. The van der Waals surface area contributed by atoms with Gasteiger partial charge in [0, 0.05) is 5.39 Å². The largest absolute Gasteiger partial charge is 0.440 e. The minimum Gasteiger partial charge on any atom is -0.440 e. The zero-order valence-corrected chi connectivity index (χ0v) is 10.8. The van der Waals surface area contributed by atoms with E-state index in [0.29, 0.717) is 22.0 Å². The van der Waals surface area contributed by atoms with E-state index in [4.69, 9.17) is 16.0 Å². The summed E-state index contributed by atoms with van der Waals surface area (Å²) in [7, 11) is 0. The van der Waals surface area contributed by atoms with E-state index >= 15 is 0 Å². The van der Waals surface area contributed by atoms with Gasteiger partial charge in [0.05, 0.1) is 11.9 Å². The molecular weight excluding hydrogens is 278 g/mol. The van der Waals surface area contributed by atoms with Crippen molar-refractivity contribution in [2.75, 3.05) is 0 Å². The lowest BCUT2D eigenvalue weighted by Gasteiger charge is -1.99. The molecule has 17 heavy (non-hydrogen) atoms. The molecule has 0 aromatic carbocycles. The van der Waals surface area contributed by atoms with Gasteiger partial charge in [0.15, 0.2) is 0 Å². The first-order chi connectivity index (χ1) is 8.33. The molecule has 0 unspecified atom stereocenters. The molecule has 0 aliphatic rings. The second kappa shape index (κ2) is 4.64. The molecule has 0 aliphatic heterocycles. The number of oxazole rings is 1. The molecule has 0 saturated heterocycles. The van der Waals surface area contributed by atoms with Crippen molar-refractivity contribution >= 4 is 44.9 Å². The lowest BCUT2D eigenvalue weighted by Crippen LogP contribution is -1.92. The second-order valence-electron chi connectivity index (χ2n) is 3.16. The first kappa shape index (κ1) is 11.0. The topological polar surface area (TPSA) is 51.8 Å². The molecule has 86 valence electrons. The van der Waals surface area contributed by atoms with Crippen LogP contribution in [0.4, 0.5) is 0 Å². The van der Waals surface area contributed by atoms with E-state index in [1.165, 1.54) is 11.8 Å². The highest BCUT2D eigenvalue weighted by Crippen LogP contribution is 2.27. The summed E-state index contributed by atoms with van der Waals surface area (Å²) in [5.41, 5.74) is 0. The van der Waals surface area contributed by atoms with Gasteiger partial charge in [-0.3, -0.25) is 0 Å². The van der Waals surface area contributed by atoms with Crippen LogP contribution in [-0.2, 0) is 5.75 Å². The molecule has 0 amide bonds. The molecule has 0 atom stereocenters. The number of hydrogen-bond acceptors (Lipinski definition) is 6. The average Bonchev–Trinajstić information content (AvgIpc) is 2.97. The minimum atomic E-state index is 0.499. The molecule has 3 rings (SSSR count). The molecule has 0 radical (unpaired) electrons. The Morgan fingerprint density at radius 2 is 2.35 bits per heavy atom. The predicted molar refractivity (Wildman–Crippen MR) is 68.5 cm³/mol. The van der Waals surface area contributed by atoms with E-state index in [9.17, 15) is 0 Å². The minimum absolute atomic E-state index is 0.499. The zero-order valence-electron chi connectivity index (χ0n) is 8.46. The fourth-order valence-corrected chi connectivity index (χ4v) is 3.06. The molecule has 7 heteroatoms. The van der Waals surface area contributed by atoms with Crippen molar-refractivity contribution in [1.82, 2.24) is 15.0 Å². The summed E-state index contributed by atoms with van der Waals surface area (Å²) < 4.78 is 5.12. The Hall–Kier alpha value is -1.11. The number of halogens is 1. The van der Waals surface area contributed by atoms with Gasteiger partial charge in [0.1, 0.15) is 22.1 Å². The Labute approximate surface area is 110 Å². The Balaban J connectivity index is 1.85. The van der Waals surface area contributed by atoms with Crippen molar-refractivity contribution in [1.29, 1.82) is 0 Å². The normalized spacial score (nSPS) is 11.1. The van der Waals surface area contributed by atoms with Crippen molar-refractivity contribution in [3.63, 3.8) is 0 Å². The maximum Gasteiger partial charge on any atom is 0.255 e. The zero-order chi connectivity index (χ0) is 11.7. The Morgan fingerprint density at radius 3 is 3.18 bits per heavy atom. The highest BCUT2D eigenvalue weighted by molar-refractivity contribution is 7.98. The molecule has 3 aromatic rings. The number of hydrogen-bond donors (Lipinski definition) is 0. The molecule has 0 fully saturated rings. The predicted octanol–water partition coefficient (Wildman–Crippen LogP) is 3.63. The van der Waals surface area contributed by atoms with E-state index in [1.54, 1.807) is 23.8 Å². The molecule has 0 spiro atoms. The summed E-state index contributed by atoms with van der Waals surface area (Å²) in [4.78, 5) is 13.6. The van der Waals surface area contributed by atoms with Gasteiger partial charge < -0.3 is 4.42 Å². The smallest absolute Gasteiger partial charge is 0.255 e. The van der Waals surface area contributed by atoms with E-state index in [1.807, 2.05) is 11.4 Å².